The van der Waals surface area contributed by atoms with E-state index in [1.807, 2.05) is 12.3 Å². The summed E-state index contributed by atoms with van der Waals surface area (Å²) in [5, 5.41) is 26.3. The third-order valence-electron chi connectivity index (χ3n) is 6.17. The number of nitriles is 1. The number of aliphatic hydroxyl groups is 1. The van der Waals surface area contributed by atoms with Crippen LogP contribution in [0.2, 0.25) is 0 Å². The van der Waals surface area contributed by atoms with Gasteiger partial charge in [0.2, 0.25) is 5.95 Å². The molecule has 0 amide bonds. The monoisotopic (exact) mass is 404 g/mol. The second-order valence-electron chi connectivity index (χ2n) is 8.80. The van der Waals surface area contributed by atoms with Gasteiger partial charge in [0.05, 0.1) is 18.0 Å². The van der Waals surface area contributed by atoms with Crippen molar-refractivity contribution in [2.24, 2.45) is 5.41 Å². The number of nitrogens with zero attached hydrogens (tertiary/aromatic N) is 4. The highest BCUT2D eigenvalue weighted by atomic mass is 16.3. The minimum absolute atomic E-state index is 0.156. The van der Waals surface area contributed by atoms with Gasteiger partial charge in [0.15, 0.2) is 0 Å². The highest BCUT2D eigenvalue weighted by Crippen LogP contribution is 2.37. The Morgan fingerprint density at radius 1 is 1.30 bits per heavy atom. The summed E-state index contributed by atoms with van der Waals surface area (Å²) in [4.78, 5) is 13.3. The largest absolute Gasteiger partial charge is 0.393 e. The van der Waals surface area contributed by atoms with Crippen LogP contribution >= 0.6 is 0 Å². The smallest absolute Gasteiger partial charge is 0.224 e. The second kappa shape index (κ2) is 8.41. The molecule has 7 heteroatoms. The highest BCUT2D eigenvalue weighted by Gasteiger charge is 2.35. The van der Waals surface area contributed by atoms with E-state index in [9.17, 15) is 10.4 Å². The fraction of sp³-hybridized carbons (Fsp3) is 0.478. The van der Waals surface area contributed by atoms with Gasteiger partial charge >= 0.3 is 0 Å². The summed E-state index contributed by atoms with van der Waals surface area (Å²) >= 11 is 0. The van der Waals surface area contributed by atoms with Crippen LogP contribution in [0.25, 0.3) is 5.57 Å². The van der Waals surface area contributed by atoms with Gasteiger partial charge in [-0.15, -0.1) is 0 Å². The molecule has 2 aromatic heterocycles. The van der Waals surface area contributed by atoms with E-state index >= 15 is 0 Å². The highest BCUT2D eigenvalue weighted by molar-refractivity contribution is 5.71. The van der Waals surface area contributed by atoms with E-state index in [0.717, 1.165) is 37.8 Å². The van der Waals surface area contributed by atoms with E-state index in [4.69, 9.17) is 0 Å². The van der Waals surface area contributed by atoms with Gasteiger partial charge in [0.1, 0.15) is 17.5 Å². The number of nitrogens with one attached hydrogen (secondary N) is 2. The minimum atomic E-state index is -0.293. The molecule has 0 bridgehead atoms. The molecule has 2 atom stereocenters. The van der Waals surface area contributed by atoms with Crippen molar-refractivity contribution in [1.29, 1.82) is 5.26 Å². The summed E-state index contributed by atoms with van der Waals surface area (Å²) < 4.78 is 0. The van der Waals surface area contributed by atoms with Gasteiger partial charge in [0, 0.05) is 25.2 Å². The van der Waals surface area contributed by atoms with Crippen molar-refractivity contribution in [2.75, 3.05) is 17.2 Å². The third-order valence-corrected chi connectivity index (χ3v) is 6.17. The van der Waals surface area contributed by atoms with Gasteiger partial charge in [0.25, 0.3) is 0 Å². The number of aromatic nitrogens is 3. The Kier molecular flexibility index (Phi) is 5.69. The Bertz CT molecular complexity index is 993. The zero-order chi connectivity index (χ0) is 21.1. The third kappa shape index (κ3) is 4.29. The van der Waals surface area contributed by atoms with Crippen LogP contribution in [-0.2, 0) is 6.42 Å². The van der Waals surface area contributed by atoms with Crippen LogP contribution in [0, 0.1) is 16.7 Å². The van der Waals surface area contributed by atoms with Crippen molar-refractivity contribution in [3.05, 3.63) is 47.4 Å². The van der Waals surface area contributed by atoms with E-state index in [1.165, 1.54) is 11.1 Å². The lowest BCUT2D eigenvalue weighted by Crippen LogP contribution is -2.41. The molecule has 1 saturated carbocycles. The fourth-order valence-corrected chi connectivity index (χ4v) is 4.37. The topological polar surface area (TPSA) is 107 Å². The van der Waals surface area contributed by atoms with Crippen molar-refractivity contribution >= 4 is 17.3 Å². The zero-order valence-corrected chi connectivity index (χ0v) is 17.5. The molecule has 0 spiro atoms. The first kappa shape index (κ1) is 20.3. The Balaban J connectivity index is 1.39. The van der Waals surface area contributed by atoms with Crippen LogP contribution in [0.5, 0.6) is 0 Å². The lowest BCUT2D eigenvalue weighted by atomic mass is 9.73. The normalized spacial score (nSPS) is 22.0. The molecule has 2 aromatic rings. The molecular formula is C23H28N6O. The molecule has 2 aliphatic rings. The van der Waals surface area contributed by atoms with Crippen LogP contribution in [0.4, 0.5) is 11.8 Å². The van der Waals surface area contributed by atoms with Crippen molar-refractivity contribution in [1.82, 2.24) is 15.0 Å². The maximum Gasteiger partial charge on any atom is 0.224 e. The number of aliphatic hydroxyl groups excluding tert-OH is 1. The summed E-state index contributed by atoms with van der Waals surface area (Å²) in [7, 11) is 0. The van der Waals surface area contributed by atoms with Crippen molar-refractivity contribution in [3.8, 4) is 6.07 Å². The van der Waals surface area contributed by atoms with Crippen molar-refractivity contribution in [3.63, 3.8) is 0 Å². The molecule has 7 nitrogen and oxygen atoms in total. The number of fused-ring (bicyclic) bond motifs is 1. The van der Waals surface area contributed by atoms with Crippen LogP contribution in [0.3, 0.4) is 0 Å². The van der Waals surface area contributed by atoms with Gasteiger partial charge in [-0.1, -0.05) is 26.0 Å². The number of anilines is 2. The van der Waals surface area contributed by atoms with Crippen LogP contribution in [-0.4, -0.2) is 38.7 Å². The zero-order valence-electron chi connectivity index (χ0n) is 17.5. The minimum Gasteiger partial charge on any atom is -0.393 e. The summed E-state index contributed by atoms with van der Waals surface area (Å²) in [5.74, 6) is 1.07. The fourth-order valence-electron chi connectivity index (χ4n) is 4.37. The summed E-state index contributed by atoms with van der Waals surface area (Å²) in [6.07, 6.45) is 9.50. The Morgan fingerprint density at radius 2 is 2.17 bits per heavy atom. The van der Waals surface area contributed by atoms with Crippen molar-refractivity contribution < 1.29 is 5.11 Å². The lowest BCUT2D eigenvalue weighted by Gasteiger charge is -2.40. The summed E-state index contributed by atoms with van der Waals surface area (Å²) in [5.41, 5.74) is 3.93. The molecule has 3 N–H and O–H groups in total. The Labute approximate surface area is 177 Å². The number of rotatable bonds is 6. The predicted octanol–water partition coefficient (Wildman–Crippen LogP) is 3.54. The van der Waals surface area contributed by atoms with Crippen LogP contribution in [0.15, 0.2) is 30.6 Å². The summed E-state index contributed by atoms with van der Waals surface area (Å²) in [6, 6.07) is 6.43. The molecule has 0 radical (unpaired) electrons. The Hall–Kier alpha value is -2.98. The van der Waals surface area contributed by atoms with Gasteiger partial charge in [-0.2, -0.15) is 10.2 Å². The number of hydrogen-bond donors (Lipinski definition) is 3. The van der Waals surface area contributed by atoms with E-state index in [1.54, 1.807) is 6.20 Å². The number of allylic oxidation sites excluding steroid dienone is 1. The molecule has 4 rings (SSSR count). The predicted molar refractivity (Wildman–Crippen MR) is 117 cm³/mol. The average Bonchev–Trinajstić information content (AvgIpc) is 3.14. The molecule has 0 aromatic carbocycles. The lowest BCUT2D eigenvalue weighted by molar-refractivity contribution is 0.00926. The van der Waals surface area contributed by atoms with E-state index in [2.05, 4.69) is 57.6 Å². The first-order valence-electron chi connectivity index (χ1n) is 10.5. The van der Waals surface area contributed by atoms with Gasteiger partial charge in [-0.25, -0.2) is 4.98 Å². The maximum absolute atomic E-state index is 10.2. The van der Waals surface area contributed by atoms with Gasteiger partial charge in [-0.05, 0) is 48.3 Å². The van der Waals surface area contributed by atoms with E-state index in [0.29, 0.717) is 23.9 Å². The molecule has 30 heavy (non-hydrogen) atoms. The molecule has 0 saturated heterocycles. The van der Waals surface area contributed by atoms with E-state index < -0.39 is 0 Å². The number of hydrogen-bond acceptors (Lipinski definition) is 7. The SMILES string of the molecule is CC1(C)C[C@H](Nc2nc(NCCC3=CCc4ncccc43)ncc2C#N)CC[C@H]1O. The first-order chi connectivity index (χ1) is 14.5. The molecule has 0 unspecified atom stereocenters. The van der Waals surface area contributed by atoms with Crippen LogP contribution in [0.1, 0.15) is 56.4 Å². The van der Waals surface area contributed by atoms with Crippen LogP contribution < -0.4 is 10.6 Å². The molecule has 156 valence electrons. The quantitative estimate of drug-likeness (QED) is 0.676. The van der Waals surface area contributed by atoms with Crippen molar-refractivity contribution in [2.45, 2.75) is 58.1 Å². The standard InChI is InChI=1S/C23H28N6O/c1-23(2)12-17(6-8-20(23)30)28-21-16(13-24)14-27-22(29-21)26-11-9-15-5-7-19-18(15)4-3-10-25-19/h3-5,10,14,17,20,30H,6-9,11-12H2,1-2H3,(H2,26,27,28,29)/t17-,20-/m1/s1. The molecule has 2 heterocycles. The second-order valence-corrected chi connectivity index (χ2v) is 8.80. The first-order valence-corrected chi connectivity index (χ1v) is 10.5. The summed E-state index contributed by atoms with van der Waals surface area (Å²) in [6.45, 7) is 4.86. The van der Waals surface area contributed by atoms with Gasteiger partial charge in [-0.3, -0.25) is 4.98 Å². The molecule has 2 aliphatic carbocycles. The maximum atomic E-state index is 10.2. The molecular weight excluding hydrogens is 376 g/mol. The molecule has 0 aliphatic heterocycles. The molecule has 1 fully saturated rings. The van der Waals surface area contributed by atoms with Gasteiger partial charge < -0.3 is 15.7 Å². The number of pyridine rings is 1. The van der Waals surface area contributed by atoms with E-state index in [-0.39, 0.29) is 17.6 Å². The average molecular weight is 405 g/mol. The Morgan fingerprint density at radius 3 is 2.97 bits per heavy atom.